The minimum atomic E-state index is -0.353. The molecule has 1 N–H and O–H groups in total. The maximum absolute atomic E-state index is 12.1. The fourth-order valence-electron chi connectivity index (χ4n) is 2.04. The quantitative estimate of drug-likeness (QED) is 0.730. The van der Waals surface area contributed by atoms with Gasteiger partial charge in [0.15, 0.2) is 0 Å². The van der Waals surface area contributed by atoms with E-state index in [4.69, 9.17) is 9.47 Å². The van der Waals surface area contributed by atoms with Crippen molar-refractivity contribution in [1.82, 2.24) is 15.1 Å². The van der Waals surface area contributed by atoms with Gasteiger partial charge in [-0.2, -0.15) is 5.10 Å². The van der Waals surface area contributed by atoms with Crippen LogP contribution in [0.25, 0.3) is 0 Å². The molecule has 0 unspecified atom stereocenters. The number of hydrogen-bond donors (Lipinski definition) is 1. The molecule has 2 rings (SSSR count). The van der Waals surface area contributed by atoms with E-state index in [-0.39, 0.29) is 17.2 Å². The van der Waals surface area contributed by atoms with Gasteiger partial charge in [0.25, 0.3) is 11.5 Å². The highest BCUT2D eigenvalue weighted by atomic mass is 16.5. The van der Waals surface area contributed by atoms with Crippen molar-refractivity contribution in [3.63, 3.8) is 0 Å². The average Bonchev–Trinajstić information content (AvgIpc) is 2.58. The molecular weight excluding hydrogens is 310 g/mol. The Morgan fingerprint density at radius 3 is 2.83 bits per heavy atom. The second-order valence-corrected chi connectivity index (χ2v) is 5.19. The van der Waals surface area contributed by atoms with Crippen molar-refractivity contribution in [3.8, 4) is 5.75 Å². The summed E-state index contributed by atoms with van der Waals surface area (Å²) < 4.78 is 11.7. The van der Waals surface area contributed by atoms with Crippen LogP contribution in [0.4, 0.5) is 0 Å². The molecule has 0 spiro atoms. The molecule has 0 saturated heterocycles. The zero-order valence-corrected chi connectivity index (χ0v) is 13.8. The molecular formula is C17H21N3O4. The summed E-state index contributed by atoms with van der Waals surface area (Å²) in [6.07, 6.45) is 0. The van der Waals surface area contributed by atoms with Crippen LogP contribution in [0.2, 0.25) is 0 Å². The molecule has 7 nitrogen and oxygen atoms in total. The van der Waals surface area contributed by atoms with Crippen molar-refractivity contribution in [1.29, 1.82) is 0 Å². The number of hydrogen-bond acceptors (Lipinski definition) is 5. The molecule has 0 bridgehead atoms. The Bertz CT molecular complexity index is 743. The van der Waals surface area contributed by atoms with Crippen molar-refractivity contribution >= 4 is 5.91 Å². The highest BCUT2D eigenvalue weighted by molar-refractivity contribution is 5.91. The fourth-order valence-corrected chi connectivity index (χ4v) is 2.04. The van der Waals surface area contributed by atoms with Crippen molar-refractivity contribution in [3.05, 3.63) is 58.0 Å². The third-order valence-electron chi connectivity index (χ3n) is 3.25. The molecule has 0 fully saturated rings. The lowest BCUT2D eigenvalue weighted by atomic mass is 10.2. The van der Waals surface area contributed by atoms with E-state index in [1.807, 2.05) is 31.2 Å². The summed E-state index contributed by atoms with van der Waals surface area (Å²) in [7, 11) is 1.54. The summed E-state index contributed by atoms with van der Waals surface area (Å²) in [6, 6.07) is 10.4. The minimum Gasteiger partial charge on any atom is -0.492 e. The van der Waals surface area contributed by atoms with Crippen LogP contribution in [0.1, 0.15) is 16.1 Å². The lowest BCUT2D eigenvalue weighted by Crippen LogP contribution is -2.32. The molecule has 0 aliphatic rings. The second-order valence-electron chi connectivity index (χ2n) is 5.19. The zero-order chi connectivity index (χ0) is 17.4. The standard InChI is InChI=1S/C17H21N3O4/c1-13-4-3-5-14(12-13)24-10-8-18-17(22)15-6-7-16(21)20(19-15)9-11-23-2/h3-7,12H,8-11H2,1-2H3,(H,18,22). The van der Waals surface area contributed by atoms with E-state index in [0.29, 0.717) is 26.3 Å². The molecule has 1 heterocycles. The van der Waals surface area contributed by atoms with Gasteiger partial charge in [-0.05, 0) is 30.7 Å². The number of carbonyl (C=O) groups excluding carboxylic acids is 1. The molecule has 24 heavy (non-hydrogen) atoms. The molecule has 0 saturated carbocycles. The van der Waals surface area contributed by atoms with Crippen molar-refractivity contribution in [2.24, 2.45) is 0 Å². The summed E-state index contributed by atoms with van der Waals surface area (Å²) in [4.78, 5) is 23.7. The fraction of sp³-hybridized carbons (Fsp3) is 0.353. The van der Waals surface area contributed by atoms with Crippen LogP contribution >= 0.6 is 0 Å². The number of aryl methyl sites for hydroxylation is 1. The minimum absolute atomic E-state index is 0.182. The van der Waals surface area contributed by atoms with Crippen LogP contribution in [0, 0.1) is 6.92 Å². The third kappa shape index (κ3) is 5.20. The van der Waals surface area contributed by atoms with E-state index in [1.165, 1.54) is 23.9 Å². The summed E-state index contributed by atoms with van der Waals surface area (Å²) >= 11 is 0. The van der Waals surface area contributed by atoms with Crippen LogP contribution in [0.5, 0.6) is 5.75 Å². The summed E-state index contributed by atoms with van der Waals surface area (Å²) in [6.45, 7) is 3.32. The van der Waals surface area contributed by atoms with E-state index in [0.717, 1.165) is 11.3 Å². The molecule has 128 valence electrons. The van der Waals surface area contributed by atoms with Gasteiger partial charge in [0.2, 0.25) is 0 Å². The first kappa shape index (κ1) is 17.7. The van der Waals surface area contributed by atoms with E-state index in [1.54, 1.807) is 0 Å². The number of methoxy groups -OCH3 is 1. The number of nitrogens with one attached hydrogen (secondary N) is 1. The topological polar surface area (TPSA) is 82.5 Å². The van der Waals surface area contributed by atoms with E-state index >= 15 is 0 Å². The Kier molecular flexibility index (Phi) is 6.51. The van der Waals surface area contributed by atoms with Gasteiger partial charge in [-0.1, -0.05) is 12.1 Å². The van der Waals surface area contributed by atoms with Gasteiger partial charge in [-0.3, -0.25) is 9.59 Å². The van der Waals surface area contributed by atoms with Crippen LogP contribution in [0.15, 0.2) is 41.2 Å². The van der Waals surface area contributed by atoms with Gasteiger partial charge in [0.1, 0.15) is 18.1 Å². The summed E-state index contributed by atoms with van der Waals surface area (Å²) in [5, 5.41) is 6.74. The van der Waals surface area contributed by atoms with Gasteiger partial charge in [0, 0.05) is 13.2 Å². The lowest BCUT2D eigenvalue weighted by Gasteiger charge is -2.09. The number of ether oxygens (including phenoxy) is 2. The maximum atomic E-state index is 12.1. The van der Waals surface area contributed by atoms with E-state index < -0.39 is 0 Å². The van der Waals surface area contributed by atoms with Gasteiger partial charge in [-0.25, -0.2) is 4.68 Å². The van der Waals surface area contributed by atoms with Gasteiger partial charge in [-0.15, -0.1) is 0 Å². The second kappa shape index (κ2) is 8.83. The molecule has 1 aromatic carbocycles. The van der Waals surface area contributed by atoms with E-state index in [9.17, 15) is 9.59 Å². The Morgan fingerprint density at radius 2 is 2.08 bits per heavy atom. The first-order chi connectivity index (χ1) is 11.6. The van der Waals surface area contributed by atoms with Crippen LogP contribution in [-0.4, -0.2) is 42.6 Å². The van der Waals surface area contributed by atoms with Gasteiger partial charge in [0.05, 0.1) is 19.7 Å². The number of amides is 1. The molecule has 1 aromatic heterocycles. The van der Waals surface area contributed by atoms with Crippen LogP contribution in [0.3, 0.4) is 0 Å². The van der Waals surface area contributed by atoms with Gasteiger partial charge < -0.3 is 14.8 Å². The Hall–Kier alpha value is -2.67. The number of nitrogens with zero attached hydrogens (tertiary/aromatic N) is 2. The first-order valence-electron chi connectivity index (χ1n) is 7.65. The molecule has 0 atom stereocenters. The van der Waals surface area contributed by atoms with E-state index in [2.05, 4.69) is 10.4 Å². The normalized spacial score (nSPS) is 10.4. The Labute approximate surface area is 140 Å². The van der Waals surface area contributed by atoms with Crippen LogP contribution in [-0.2, 0) is 11.3 Å². The Balaban J connectivity index is 1.85. The highest BCUT2D eigenvalue weighted by Crippen LogP contribution is 2.11. The zero-order valence-electron chi connectivity index (χ0n) is 13.8. The first-order valence-corrected chi connectivity index (χ1v) is 7.65. The monoisotopic (exact) mass is 331 g/mol. The number of rotatable bonds is 8. The molecule has 1 amide bonds. The third-order valence-corrected chi connectivity index (χ3v) is 3.25. The predicted molar refractivity (Wildman–Crippen MR) is 89.4 cm³/mol. The Morgan fingerprint density at radius 1 is 1.25 bits per heavy atom. The van der Waals surface area contributed by atoms with Gasteiger partial charge >= 0.3 is 0 Å². The highest BCUT2D eigenvalue weighted by Gasteiger charge is 2.09. The van der Waals surface area contributed by atoms with Crippen molar-refractivity contribution in [2.45, 2.75) is 13.5 Å². The maximum Gasteiger partial charge on any atom is 0.271 e. The number of carbonyl (C=O) groups is 1. The SMILES string of the molecule is COCCn1nc(C(=O)NCCOc2cccc(C)c2)ccc1=O. The molecule has 0 aliphatic carbocycles. The molecule has 7 heteroatoms. The predicted octanol–water partition coefficient (Wildman–Crippen LogP) is 1.01. The largest absolute Gasteiger partial charge is 0.492 e. The summed E-state index contributed by atoms with van der Waals surface area (Å²) in [5.41, 5.74) is 1.02. The lowest BCUT2D eigenvalue weighted by molar-refractivity contribution is 0.0938. The molecule has 0 aliphatic heterocycles. The van der Waals surface area contributed by atoms with Crippen LogP contribution < -0.4 is 15.6 Å². The average molecular weight is 331 g/mol. The number of benzene rings is 1. The molecule has 0 radical (unpaired) electrons. The van der Waals surface area contributed by atoms with Crippen molar-refractivity contribution in [2.75, 3.05) is 26.9 Å². The smallest absolute Gasteiger partial charge is 0.271 e. The number of aromatic nitrogens is 2. The van der Waals surface area contributed by atoms with Crippen molar-refractivity contribution < 1.29 is 14.3 Å². The summed E-state index contributed by atoms with van der Waals surface area (Å²) in [5.74, 6) is 0.407. The molecule has 2 aromatic rings.